The zero-order chi connectivity index (χ0) is 15.1. The van der Waals surface area contributed by atoms with Crippen LogP contribution in [-0.4, -0.2) is 23.8 Å². The SMILES string of the molecule is COc1cc(Cl)ccc1-c1noc(CCCCCCN)n1. The Morgan fingerprint density at radius 1 is 1.24 bits per heavy atom. The summed E-state index contributed by atoms with van der Waals surface area (Å²) in [5.41, 5.74) is 6.24. The van der Waals surface area contributed by atoms with Crippen LogP contribution in [0.25, 0.3) is 11.4 Å². The van der Waals surface area contributed by atoms with Gasteiger partial charge in [-0.15, -0.1) is 0 Å². The van der Waals surface area contributed by atoms with Crippen molar-refractivity contribution in [2.45, 2.75) is 32.1 Å². The summed E-state index contributed by atoms with van der Waals surface area (Å²) < 4.78 is 10.6. The van der Waals surface area contributed by atoms with Crippen molar-refractivity contribution in [1.82, 2.24) is 10.1 Å². The van der Waals surface area contributed by atoms with Gasteiger partial charge >= 0.3 is 0 Å². The molecule has 0 bridgehead atoms. The van der Waals surface area contributed by atoms with Gasteiger partial charge in [-0.1, -0.05) is 29.6 Å². The molecule has 0 unspecified atom stereocenters. The predicted molar refractivity (Wildman–Crippen MR) is 82.5 cm³/mol. The fourth-order valence-electron chi connectivity index (χ4n) is 2.09. The predicted octanol–water partition coefficient (Wildman–Crippen LogP) is 3.46. The fraction of sp³-hybridized carbons (Fsp3) is 0.467. The highest BCUT2D eigenvalue weighted by Gasteiger charge is 2.13. The Balaban J connectivity index is 1.99. The summed E-state index contributed by atoms with van der Waals surface area (Å²) in [6.45, 7) is 0.751. The Labute approximate surface area is 129 Å². The van der Waals surface area contributed by atoms with Crippen LogP contribution < -0.4 is 10.5 Å². The second-order valence-electron chi connectivity index (χ2n) is 4.81. The first-order chi connectivity index (χ1) is 10.2. The fourth-order valence-corrected chi connectivity index (χ4v) is 2.25. The molecule has 0 atom stereocenters. The van der Waals surface area contributed by atoms with E-state index in [1.807, 2.05) is 6.07 Å². The molecule has 0 spiro atoms. The highest BCUT2D eigenvalue weighted by molar-refractivity contribution is 6.30. The van der Waals surface area contributed by atoms with Crippen molar-refractivity contribution >= 4 is 11.6 Å². The van der Waals surface area contributed by atoms with Crippen LogP contribution in [0.5, 0.6) is 5.75 Å². The van der Waals surface area contributed by atoms with Crippen LogP contribution >= 0.6 is 11.6 Å². The van der Waals surface area contributed by atoms with Crippen molar-refractivity contribution in [2.75, 3.05) is 13.7 Å². The summed E-state index contributed by atoms with van der Waals surface area (Å²) >= 11 is 5.95. The van der Waals surface area contributed by atoms with Gasteiger partial charge < -0.3 is 15.0 Å². The molecule has 0 amide bonds. The van der Waals surface area contributed by atoms with Crippen LogP contribution in [-0.2, 0) is 6.42 Å². The normalized spacial score (nSPS) is 10.8. The van der Waals surface area contributed by atoms with Gasteiger partial charge in [0.15, 0.2) is 0 Å². The number of methoxy groups -OCH3 is 1. The van der Waals surface area contributed by atoms with E-state index >= 15 is 0 Å². The summed E-state index contributed by atoms with van der Waals surface area (Å²) in [6.07, 6.45) is 5.14. The zero-order valence-electron chi connectivity index (χ0n) is 12.1. The summed E-state index contributed by atoms with van der Waals surface area (Å²) in [7, 11) is 1.59. The van der Waals surface area contributed by atoms with Crippen molar-refractivity contribution in [3.05, 3.63) is 29.1 Å². The van der Waals surface area contributed by atoms with Crippen molar-refractivity contribution in [3.63, 3.8) is 0 Å². The number of nitrogens with zero attached hydrogens (tertiary/aromatic N) is 2. The second kappa shape index (κ2) is 8.00. The van der Waals surface area contributed by atoms with E-state index < -0.39 is 0 Å². The van der Waals surface area contributed by atoms with Gasteiger partial charge in [-0.3, -0.25) is 0 Å². The minimum absolute atomic E-state index is 0.528. The highest BCUT2D eigenvalue weighted by Crippen LogP contribution is 2.30. The Hall–Kier alpha value is -1.59. The minimum Gasteiger partial charge on any atom is -0.496 e. The largest absolute Gasteiger partial charge is 0.496 e. The first kappa shape index (κ1) is 15.8. The molecule has 114 valence electrons. The van der Waals surface area contributed by atoms with Gasteiger partial charge in [-0.2, -0.15) is 4.98 Å². The zero-order valence-corrected chi connectivity index (χ0v) is 12.9. The van der Waals surface area contributed by atoms with Gasteiger partial charge in [0, 0.05) is 11.4 Å². The molecule has 0 saturated heterocycles. The van der Waals surface area contributed by atoms with Crippen LogP contribution in [0.3, 0.4) is 0 Å². The lowest BCUT2D eigenvalue weighted by Crippen LogP contribution is -1.97. The maximum atomic E-state index is 5.95. The Morgan fingerprint density at radius 3 is 2.81 bits per heavy atom. The number of nitrogens with two attached hydrogens (primary N) is 1. The van der Waals surface area contributed by atoms with Crippen LogP contribution in [0.1, 0.15) is 31.6 Å². The molecule has 1 aromatic carbocycles. The number of aromatic nitrogens is 2. The molecular weight excluding hydrogens is 290 g/mol. The molecular formula is C15H20ClN3O2. The molecule has 1 aromatic heterocycles. The van der Waals surface area contributed by atoms with Gasteiger partial charge in [0.25, 0.3) is 0 Å². The van der Waals surface area contributed by atoms with Crippen LogP contribution in [0.4, 0.5) is 0 Å². The number of benzene rings is 1. The quantitative estimate of drug-likeness (QED) is 0.756. The molecule has 0 aliphatic heterocycles. The molecule has 0 radical (unpaired) electrons. The van der Waals surface area contributed by atoms with Crippen molar-refractivity contribution in [2.24, 2.45) is 5.73 Å². The molecule has 2 aromatic rings. The third-order valence-corrected chi connectivity index (χ3v) is 3.45. The number of hydrogen-bond donors (Lipinski definition) is 1. The number of hydrogen-bond acceptors (Lipinski definition) is 5. The average molecular weight is 310 g/mol. The monoisotopic (exact) mass is 309 g/mol. The summed E-state index contributed by atoms with van der Waals surface area (Å²) in [4.78, 5) is 4.41. The van der Waals surface area contributed by atoms with Crippen LogP contribution in [0, 0.1) is 0 Å². The van der Waals surface area contributed by atoms with E-state index in [0.717, 1.165) is 44.2 Å². The molecule has 2 rings (SSSR count). The minimum atomic E-state index is 0.528. The molecule has 6 heteroatoms. The van der Waals surface area contributed by atoms with E-state index in [2.05, 4.69) is 10.1 Å². The number of halogens is 1. The van der Waals surface area contributed by atoms with Gasteiger partial charge in [-0.25, -0.2) is 0 Å². The van der Waals surface area contributed by atoms with Crippen LogP contribution in [0.15, 0.2) is 22.7 Å². The van der Waals surface area contributed by atoms with E-state index in [1.54, 1.807) is 19.2 Å². The van der Waals surface area contributed by atoms with Crippen molar-refractivity contribution in [1.29, 1.82) is 0 Å². The third-order valence-electron chi connectivity index (χ3n) is 3.22. The van der Waals surface area contributed by atoms with E-state index in [4.69, 9.17) is 26.6 Å². The van der Waals surface area contributed by atoms with E-state index in [1.165, 1.54) is 0 Å². The van der Waals surface area contributed by atoms with Gasteiger partial charge in [0.2, 0.25) is 11.7 Å². The van der Waals surface area contributed by atoms with Crippen LogP contribution in [0.2, 0.25) is 5.02 Å². The smallest absolute Gasteiger partial charge is 0.226 e. The molecule has 0 fully saturated rings. The maximum absolute atomic E-state index is 5.95. The van der Waals surface area contributed by atoms with Crippen molar-refractivity contribution < 1.29 is 9.26 Å². The molecule has 1 heterocycles. The van der Waals surface area contributed by atoms with E-state index in [9.17, 15) is 0 Å². The lowest BCUT2D eigenvalue weighted by Gasteiger charge is -2.04. The van der Waals surface area contributed by atoms with Gasteiger partial charge in [0.05, 0.1) is 12.7 Å². The summed E-state index contributed by atoms with van der Waals surface area (Å²) in [5.74, 6) is 1.81. The summed E-state index contributed by atoms with van der Waals surface area (Å²) in [5, 5.41) is 4.62. The first-order valence-corrected chi connectivity index (χ1v) is 7.49. The molecule has 0 saturated carbocycles. The highest BCUT2D eigenvalue weighted by atomic mass is 35.5. The second-order valence-corrected chi connectivity index (χ2v) is 5.25. The average Bonchev–Trinajstić information content (AvgIpc) is 2.95. The van der Waals surface area contributed by atoms with Gasteiger partial charge in [-0.05, 0) is 37.6 Å². The Morgan fingerprint density at radius 2 is 2.05 bits per heavy atom. The Kier molecular flexibility index (Phi) is 6.02. The molecule has 2 N–H and O–H groups in total. The lowest BCUT2D eigenvalue weighted by molar-refractivity contribution is 0.373. The number of unbranched alkanes of at least 4 members (excludes halogenated alkanes) is 3. The molecule has 5 nitrogen and oxygen atoms in total. The van der Waals surface area contributed by atoms with E-state index in [0.29, 0.717) is 22.5 Å². The molecule has 0 aliphatic rings. The van der Waals surface area contributed by atoms with E-state index in [-0.39, 0.29) is 0 Å². The standard InChI is InChI=1S/C15H20ClN3O2/c1-20-13-10-11(16)7-8-12(13)15-18-14(21-19-15)6-4-2-3-5-9-17/h7-8,10H,2-6,9,17H2,1H3. The lowest BCUT2D eigenvalue weighted by atomic mass is 10.1. The number of rotatable bonds is 8. The topological polar surface area (TPSA) is 74.2 Å². The third kappa shape index (κ3) is 4.44. The van der Waals surface area contributed by atoms with Crippen molar-refractivity contribution in [3.8, 4) is 17.1 Å². The first-order valence-electron chi connectivity index (χ1n) is 7.11. The summed E-state index contributed by atoms with van der Waals surface area (Å²) in [6, 6.07) is 5.35. The Bertz CT molecular complexity index is 572. The number of aryl methyl sites for hydroxylation is 1. The molecule has 0 aliphatic carbocycles. The maximum Gasteiger partial charge on any atom is 0.226 e. The number of ether oxygens (including phenoxy) is 1. The molecule has 21 heavy (non-hydrogen) atoms. The van der Waals surface area contributed by atoms with Gasteiger partial charge in [0.1, 0.15) is 5.75 Å².